The number of hydrogen-bond acceptors (Lipinski definition) is 4. The highest BCUT2D eigenvalue weighted by molar-refractivity contribution is 5.98. The maximum absolute atomic E-state index is 12.5. The number of rotatable bonds is 3. The van der Waals surface area contributed by atoms with Gasteiger partial charge < -0.3 is 9.64 Å². The number of ether oxygens (including phenoxy) is 1. The van der Waals surface area contributed by atoms with Gasteiger partial charge in [-0.3, -0.25) is 9.59 Å². The maximum atomic E-state index is 12.5. The zero-order valence-corrected chi connectivity index (χ0v) is 13.1. The van der Waals surface area contributed by atoms with E-state index in [1.807, 2.05) is 0 Å². The average Bonchev–Trinajstić information content (AvgIpc) is 3.14. The van der Waals surface area contributed by atoms with E-state index in [9.17, 15) is 27.6 Å². The summed E-state index contributed by atoms with van der Waals surface area (Å²) in [7, 11) is 0. The van der Waals surface area contributed by atoms with E-state index in [4.69, 9.17) is 0 Å². The molecule has 2 fully saturated rings. The topological polar surface area (TPSA) is 66.9 Å². The first kappa shape index (κ1) is 17.2. The summed E-state index contributed by atoms with van der Waals surface area (Å²) < 4.78 is 42.3. The zero-order valence-electron chi connectivity index (χ0n) is 13.1. The number of imide groups is 1. The van der Waals surface area contributed by atoms with Crippen LogP contribution in [0.2, 0.25) is 0 Å². The third kappa shape index (κ3) is 3.59. The highest BCUT2D eigenvalue weighted by Gasteiger charge is 2.41. The largest absolute Gasteiger partial charge is 0.439 e. The molecule has 2 saturated heterocycles. The Morgan fingerprint density at radius 3 is 2.44 bits per heavy atom. The zero-order chi connectivity index (χ0) is 18.2. The Balaban J connectivity index is 1.59. The summed E-state index contributed by atoms with van der Waals surface area (Å²) in [6.45, 7) is 0.302. The predicted octanol–water partition coefficient (Wildman–Crippen LogP) is 1.83. The van der Waals surface area contributed by atoms with Crippen molar-refractivity contribution >= 4 is 17.9 Å². The van der Waals surface area contributed by atoms with Crippen molar-refractivity contribution in [2.24, 2.45) is 0 Å². The van der Waals surface area contributed by atoms with E-state index in [2.05, 4.69) is 4.74 Å². The smallest absolute Gasteiger partial charge is 0.417 e. The second-order valence-electron chi connectivity index (χ2n) is 5.97. The fourth-order valence-corrected chi connectivity index (χ4v) is 2.99. The van der Waals surface area contributed by atoms with Crippen molar-refractivity contribution in [3.63, 3.8) is 0 Å². The van der Waals surface area contributed by atoms with E-state index in [0.29, 0.717) is 18.5 Å². The third-order valence-electron chi connectivity index (χ3n) is 4.30. The number of nitrogens with zero attached hydrogens (tertiary/aromatic N) is 2. The van der Waals surface area contributed by atoms with Crippen LogP contribution in [-0.2, 0) is 26.9 Å². The molecular formula is C16H15F3N2O4. The second-order valence-corrected chi connectivity index (χ2v) is 5.97. The molecule has 0 N–H and O–H groups in total. The Hall–Kier alpha value is -2.58. The number of benzene rings is 1. The average molecular weight is 356 g/mol. The predicted molar refractivity (Wildman–Crippen MR) is 78.3 cm³/mol. The molecule has 0 aliphatic carbocycles. The van der Waals surface area contributed by atoms with Crippen LogP contribution in [-0.4, -0.2) is 53.4 Å². The summed E-state index contributed by atoms with van der Waals surface area (Å²) in [5.41, 5.74) is -0.297. The molecule has 9 heteroatoms. The first-order chi connectivity index (χ1) is 11.8. The highest BCUT2D eigenvalue weighted by atomic mass is 19.4. The van der Waals surface area contributed by atoms with E-state index in [1.165, 1.54) is 17.0 Å². The van der Waals surface area contributed by atoms with Gasteiger partial charge in [0, 0.05) is 13.1 Å². The first-order valence-electron chi connectivity index (χ1n) is 7.68. The molecular weight excluding hydrogens is 341 g/mol. The number of alkyl halides is 3. The van der Waals surface area contributed by atoms with Crippen LogP contribution in [0.5, 0.6) is 0 Å². The summed E-state index contributed by atoms with van der Waals surface area (Å²) >= 11 is 0. The quantitative estimate of drug-likeness (QED) is 0.829. The van der Waals surface area contributed by atoms with E-state index in [0.717, 1.165) is 17.0 Å². The SMILES string of the molecule is O=C(Cc1ccc(C(F)(F)F)cc1)N1CCC(N2C(=O)COC2=O)C1. The molecule has 0 radical (unpaired) electrons. The molecule has 0 aromatic heterocycles. The summed E-state index contributed by atoms with van der Waals surface area (Å²) in [5.74, 6) is -0.686. The Labute approximate surface area is 141 Å². The lowest BCUT2D eigenvalue weighted by Gasteiger charge is -2.20. The minimum absolute atomic E-state index is 0.0384. The minimum atomic E-state index is -4.42. The number of hydrogen-bond donors (Lipinski definition) is 0. The Morgan fingerprint density at radius 1 is 1.20 bits per heavy atom. The van der Waals surface area contributed by atoms with Crippen LogP contribution in [0.1, 0.15) is 17.5 Å². The molecule has 1 unspecified atom stereocenters. The van der Waals surface area contributed by atoms with Gasteiger partial charge in [0.15, 0.2) is 6.61 Å². The fraction of sp³-hybridized carbons (Fsp3) is 0.438. The molecule has 0 bridgehead atoms. The molecule has 134 valence electrons. The Bertz CT molecular complexity index is 686. The van der Waals surface area contributed by atoms with Crippen LogP contribution in [0.3, 0.4) is 0 Å². The van der Waals surface area contributed by atoms with Crippen molar-refractivity contribution in [2.75, 3.05) is 19.7 Å². The Kier molecular flexibility index (Phi) is 4.40. The van der Waals surface area contributed by atoms with Gasteiger partial charge in [0.25, 0.3) is 5.91 Å². The Morgan fingerprint density at radius 2 is 1.88 bits per heavy atom. The van der Waals surface area contributed by atoms with Gasteiger partial charge in [-0.05, 0) is 24.1 Å². The normalized spacial score (nSPS) is 21.0. The van der Waals surface area contributed by atoms with Crippen molar-refractivity contribution in [3.8, 4) is 0 Å². The standard InChI is InChI=1S/C16H15F3N2O4/c17-16(18,19)11-3-1-10(2-4-11)7-13(22)20-6-5-12(8-20)21-14(23)9-25-15(21)24/h1-4,12H,5-9H2. The molecule has 25 heavy (non-hydrogen) atoms. The summed E-state index contributed by atoms with van der Waals surface area (Å²) in [6, 6.07) is 4.01. The van der Waals surface area contributed by atoms with E-state index in [1.54, 1.807) is 0 Å². The second kappa shape index (κ2) is 6.38. The first-order valence-corrected chi connectivity index (χ1v) is 7.68. The monoisotopic (exact) mass is 356 g/mol. The van der Waals surface area contributed by atoms with Crippen LogP contribution in [0.4, 0.5) is 18.0 Å². The van der Waals surface area contributed by atoms with Gasteiger partial charge in [-0.1, -0.05) is 12.1 Å². The number of cyclic esters (lactones) is 1. The van der Waals surface area contributed by atoms with Gasteiger partial charge in [-0.25, -0.2) is 9.69 Å². The fourth-order valence-electron chi connectivity index (χ4n) is 2.99. The summed E-state index contributed by atoms with van der Waals surface area (Å²) in [5, 5.41) is 0. The number of amides is 3. The van der Waals surface area contributed by atoms with Gasteiger partial charge in [0.2, 0.25) is 5.91 Å². The number of halogens is 3. The molecule has 6 nitrogen and oxygen atoms in total. The number of carbonyl (C=O) groups is 3. The van der Waals surface area contributed by atoms with E-state index in [-0.39, 0.29) is 25.5 Å². The van der Waals surface area contributed by atoms with Gasteiger partial charge >= 0.3 is 12.3 Å². The van der Waals surface area contributed by atoms with Gasteiger partial charge in [0.05, 0.1) is 18.0 Å². The minimum Gasteiger partial charge on any atom is -0.439 e. The lowest BCUT2D eigenvalue weighted by Crippen LogP contribution is -2.42. The molecule has 2 heterocycles. The molecule has 3 amide bonds. The van der Waals surface area contributed by atoms with Crippen LogP contribution in [0.25, 0.3) is 0 Å². The molecule has 0 spiro atoms. The van der Waals surface area contributed by atoms with Gasteiger partial charge in [-0.15, -0.1) is 0 Å². The highest BCUT2D eigenvalue weighted by Crippen LogP contribution is 2.29. The van der Waals surface area contributed by atoms with Gasteiger partial charge in [0.1, 0.15) is 0 Å². The lowest BCUT2D eigenvalue weighted by atomic mass is 10.1. The molecule has 2 aliphatic heterocycles. The van der Waals surface area contributed by atoms with Crippen molar-refractivity contribution < 1.29 is 32.3 Å². The molecule has 1 atom stereocenters. The molecule has 2 aliphatic rings. The van der Waals surface area contributed by atoms with Crippen LogP contribution in [0.15, 0.2) is 24.3 Å². The number of likely N-dealkylation sites (tertiary alicyclic amines) is 1. The molecule has 1 aromatic rings. The van der Waals surface area contributed by atoms with E-state index >= 15 is 0 Å². The van der Waals surface area contributed by atoms with Crippen LogP contribution in [0, 0.1) is 0 Å². The summed E-state index contributed by atoms with van der Waals surface area (Å²) in [6.07, 6.45) is -4.70. The molecule has 0 saturated carbocycles. The lowest BCUT2D eigenvalue weighted by molar-refractivity contribution is -0.137. The maximum Gasteiger partial charge on any atom is 0.417 e. The van der Waals surface area contributed by atoms with Crippen molar-refractivity contribution in [2.45, 2.75) is 25.1 Å². The van der Waals surface area contributed by atoms with Crippen LogP contribution >= 0.6 is 0 Å². The summed E-state index contributed by atoms with van der Waals surface area (Å²) in [4.78, 5) is 38.0. The third-order valence-corrected chi connectivity index (χ3v) is 4.30. The van der Waals surface area contributed by atoms with Crippen LogP contribution < -0.4 is 0 Å². The van der Waals surface area contributed by atoms with Gasteiger partial charge in [-0.2, -0.15) is 13.2 Å². The van der Waals surface area contributed by atoms with Crippen molar-refractivity contribution in [1.82, 2.24) is 9.80 Å². The number of carbonyl (C=O) groups excluding carboxylic acids is 3. The van der Waals surface area contributed by atoms with E-state index < -0.39 is 29.8 Å². The molecule has 1 aromatic carbocycles. The van der Waals surface area contributed by atoms with Crippen molar-refractivity contribution in [3.05, 3.63) is 35.4 Å². The molecule has 3 rings (SSSR count). The van der Waals surface area contributed by atoms with Crippen molar-refractivity contribution in [1.29, 1.82) is 0 Å².